The van der Waals surface area contributed by atoms with Gasteiger partial charge in [-0.1, -0.05) is 6.07 Å². The van der Waals surface area contributed by atoms with E-state index in [0.717, 1.165) is 37.2 Å². The Morgan fingerprint density at radius 1 is 1.08 bits per heavy atom. The van der Waals surface area contributed by atoms with Gasteiger partial charge in [-0.3, -0.25) is 25.2 Å². The van der Waals surface area contributed by atoms with E-state index in [1.165, 1.54) is 30.5 Å². The molecule has 0 bridgehead atoms. The third-order valence-corrected chi connectivity index (χ3v) is 7.65. The van der Waals surface area contributed by atoms with E-state index >= 15 is 0 Å². The van der Waals surface area contributed by atoms with E-state index < -0.39 is 21.8 Å². The van der Waals surface area contributed by atoms with Crippen molar-refractivity contribution in [1.82, 2.24) is 25.4 Å². The molecule has 4 N–H and O–H groups in total. The molecular formula is C25H23N7O4S. The van der Waals surface area contributed by atoms with Gasteiger partial charge in [0.2, 0.25) is 0 Å². The summed E-state index contributed by atoms with van der Waals surface area (Å²) in [4.78, 5) is 32.1. The number of benzene rings is 2. The first kappa shape index (κ1) is 24.1. The van der Waals surface area contributed by atoms with E-state index in [1.807, 2.05) is 11.5 Å². The zero-order chi connectivity index (χ0) is 26.2. The summed E-state index contributed by atoms with van der Waals surface area (Å²) in [7, 11) is -3.99. The molecule has 2 amide bonds. The molecule has 3 heterocycles. The number of hydrogen-bond donors (Lipinski definition) is 4. The van der Waals surface area contributed by atoms with Crippen molar-refractivity contribution in [2.75, 3.05) is 4.72 Å². The number of H-pyrrole nitrogens is 1. The second kappa shape index (κ2) is 9.44. The molecule has 37 heavy (non-hydrogen) atoms. The Bertz CT molecular complexity index is 1650. The molecule has 0 unspecified atom stereocenters. The lowest BCUT2D eigenvalue weighted by atomic mass is 10.1. The van der Waals surface area contributed by atoms with Crippen molar-refractivity contribution in [2.24, 2.45) is 0 Å². The van der Waals surface area contributed by atoms with Gasteiger partial charge in [0.25, 0.3) is 21.8 Å². The number of nitrogens with one attached hydrogen (secondary N) is 4. The number of carbonyl (C=O) groups excluding carboxylic acids is 2. The Labute approximate surface area is 212 Å². The quantitative estimate of drug-likeness (QED) is 0.298. The van der Waals surface area contributed by atoms with Crippen LogP contribution in [0.25, 0.3) is 10.9 Å². The minimum Gasteiger partial charge on any atom is -0.358 e. The molecule has 0 radical (unpaired) electrons. The Morgan fingerprint density at radius 2 is 1.84 bits per heavy atom. The monoisotopic (exact) mass is 517 g/mol. The zero-order valence-electron chi connectivity index (χ0n) is 19.8. The Kier molecular flexibility index (Phi) is 6.14. The van der Waals surface area contributed by atoms with Gasteiger partial charge in [-0.2, -0.15) is 5.26 Å². The molecule has 4 aromatic rings. The Balaban J connectivity index is 1.26. The highest BCUT2D eigenvalue weighted by Gasteiger charge is 2.20. The number of imidazole rings is 1. The standard InChI is InChI=1S/C25H23N7O4S/c1-15-5-10-19(23-22(15)17(12-26)13-27-23)31-37(35,36)18-8-6-16(7-9-18)24(33)29-30-25(34)20-14-32-11-3-2-4-21(32)28-20/h5-10,13-14,27,31H,2-4,11H2,1H3,(H,29,33)(H,30,34). The van der Waals surface area contributed by atoms with Crippen LogP contribution < -0.4 is 15.6 Å². The normalized spacial score (nSPS) is 13.0. The molecule has 0 atom stereocenters. The van der Waals surface area contributed by atoms with Gasteiger partial charge in [0, 0.05) is 36.3 Å². The summed E-state index contributed by atoms with van der Waals surface area (Å²) in [5.74, 6) is -0.293. The van der Waals surface area contributed by atoms with Crippen LogP contribution in [0.2, 0.25) is 0 Å². The van der Waals surface area contributed by atoms with Crippen LogP contribution in [0.15, 0.2) is 53.7 Å². The van der Waals surface area contributed by atoms with Gasteiger partial charge in [-0.15, -0.1) is 0 Å². The van der Waals surface area contributed by atoms with Crippen LogP contribution in [0.5, 0.6) is 0 Å². The lowest BCUT2D eigenvalue weighted by Crippen LogP contribution is -2.41. The van der Waals surface area contributed by atoms with Gasteiger partial charge in [0.15, 0.2) is 0 Å². The van der Waals surface area contributed by atoms with Gasteiger partial charge in [-0.25, -0.2) is 13.4 Å². The van der Waals surface area contributed by atoms with Gasteiger partial charge in [-0.05, 0) is 55.7 Å². The number of sulfonamides is 1. The van der Waals surface area contributed by atoms with Crippen LogP contribution >= 0.6 is 0 Å². The number of hydrogen-bond acceptors (Lipinski definition) is 6. The summed E-state index contributed by atoms with van der Waals surface area (Å²) >= 11 is 0. The Hall–Kier alpha value is -4.63. The van der Waals surface area contributed by atoms with Crippen LogP contribution in [0.4, 0.5) is 5.69 Å². The number of anilines is 1. The fraction of sp³-hybridized carbons (Fsp3) is 0.200. The van der Waals surface area contributed by atoms with Crippen LogP contribution in [0.1, 0.15) is 50.6 Å². The van der Waals surface area contributed by atoms with E-state index in [-0.39, 0.29) is 16.2 Å². The van der Waals surface area contributed by atoms with E-state index in [2.05, 4.69) is 31.6 Å². The van der Waals surface area contributed by atoms with E-state index in [4.69, 9.17) is 0 Å². The smallest absolute Gasteiger partial charge is 0.289 e. The molecule has 0 aliphatic carbocycles. The van der Waals surface area contributed by atoms with Gasteiger partial charge < -0.3 is 9.55 Å². The molecule has 0 saturated carbocycles. The summed E-state index contributed by atoms with van der Waals surface area (Å²) in [6, 6.07) is 10.7. The first-order valence-electron chi connectivity index (χ1n) is 11.6. The van der Waals surface area contributed by atoms with Crippen LogP contribution in [-0.4, -0.2) is 34.8 Å². The van der Waals surface area contributed by atoms with E-state index in [0.29, 0.717) is 22.2 Å². The number of amides is 2. The van der Waals surface area contributed by atoms with Crippen molar-refractivity contribution >= 4 is 38.4 Å². The van der Waals surface area contributed by atoms with Crippen molar-refractivity contribution in [3.8, 4) is 6.07 Å². The van der Waals surface area contributed by atoms with Gasteiger partial charge in [0.05, 0.1) is 21.7 Å². The third-order valence-electron chi connectivity index (χ3n) is 6.27. The minimum absolute atomic E-state index is 0.0579. The number of aryl methyl sites for hydroxylation is 3. The highest BCUT2D eigenvalue weighted by Crippen LogP contribution is 2.30. The average molecular weight is 518 g/mol. The molecule has 5 rings (SSSR count). The van der Waals surface area contributed by atoms with Crippen LogP contribution in [-0.2, 0) is 23.0 Å². The van der Waals surface area contributed by atoms with E-state index in [9.17, 15) is 23.3 Å². The molecule has 1 aliphatic rings. The van der Waals surface area contributed by atoms with Crippen molar-refractivity contribution in [2.45, 2.75) is 37.6 Å². The number of aromatic nitrogens is 3. The van der Waals surface area contributed by atoms with E-state index in [1.54, 1.807) is 18.3 Å². The topological polar surface area (TPSA) is 162 Å². The minimum atomic E-state index is -3.99. The second-order valence-corrected chi connectivity index (χ2v) is 10.4. The fourth-order valence-electron chi connectivity index (χ4n) is 4.35. The molecule has 2 aromatic carbocycles. The average Bonchev–Trinajstić information content (AvgIpc) is 3.54. The number of nitriles is 1. The molecule has 11 nitrogen and oxygen atoms in total. The highest BCUT2D eigenvalue weighted by atomic mass is 32.2. The second-order valence-electron chi connectivity index (χ2n) is 8.73. The molecule has 0 spiro atoms. The van der Waals surface area contributed by atoms with Crippen molar-refractivity contribution in [3.05, 3.63) is 77.0 Å². The fourth-order valence-corrected chi connectivity index (χ4v) is 5.43. The number of carbonyl (C=O) groups is 2. The highest BCUT2D eigenvalue weighted by molar-refractivity contribution is 7.92. The van der Waals surface area contributed by atoms with Crippen molar-refractivity contribution in [1.29, 1.82) is 5.26 Å². The Morgan fingerprint density at radius 3 is 2.57 bits per heavy atom. The summed E-state index contributed by atoms with van der Waals surface area (Å²) in [6.45, 7) is 2.65. The number of fused-ring (bicyclic) bond motifs is 2. The van der Waals surface area contributed by atoms with Crippen molar-refractivity contribution < 1.29 is 18.0 Å². The first-order chi connectivity index (χ1) is 17.8. The maximum absolute atomic E-state index is 13.0. The SMILES string of the molecule is Cc1ccc(NS(=O)(=O)c2ccc(C(=O)NNC(=O)c3cn4c(n3)CCCC4)cc2)c2[nH]cc(C#N)c12. The molecule has 0 fully saturated rings. The number of rotatable bonds is 5. The van der Waals surface area contributed by atoms with Gasteiger partial charge in [0.1, 0.15) is 17.6 Å². The molecule has 1 aliphatic heterocycles. The summed E-state index contributed by atoms with van der Waals surface area (Å²) in [6.07, 6.45) is 6.07. The summed E-state index contributed by atoms with van der Waals surface area (Å²) in [5.41, 5.74) is 7.11. The maximum atomic E-state index is 13.0. The number of hydrazine groups is 1. The number of nitrogens with zero attached hydrogens (tertiary/aromatic N) is 3. The first-order valence-corrected chi connectivity index (χ1v) is 13.1. The predicted molar refractivity (Wildman–Crippen MR) is 135 cm³/mol. The zero-order valence-corrected chi connectivity index (χ0v) is 20.6. The van der Waals surface area contributed by atoms with Gasteiger partial charge >= 0.3 is 0 Å². The molecule has 0 saturated heterocycles. The van der Waals surface area contributed by atoms with Crippen LogP contribution in [0.3, 0.4) is 0 Å². The molecular weight excluding hydrogens is 494 g/mol. The largest absolute Gasteiger partial charge is 0.358 e. The summed E-state index contributed by atoms with van der Waals surface area (Å²) in [5, 5.41) is 9.96. The number of aromatic amines is 1. The third kappa shape index (κ3) is 4.64. The van der Waals surface area contributed by atoms with Crippen molar-refractivity contribution in [3.63, 3.8) is 0 Å². The molecule has 12 heteroatoms. The predicted octanol–water partition coefficient (Wildman–Crippen LogP) is 2.76. The molecule has 188 valence electrons. The van der Waals surface area contributed by atoms with Crippen LogP contribution in [0, 0.1) is 18.3 Å². The maximum Gasteiger partial charge on any atom is 0.289 e. The lowest BCUT2D eigenvalue weighted by molar-refractivity contribution is 0.0844. The molecule has 2 aromatic heterocycles. The summed E-state index contributed by atoms with van der Waals surface area (Å²) < 4.78 is 30.4. The lowest BCUT2D eigenvalue weighted by Gasteiger charge is -2.11.